The number of rotatable bonds is 3. The van der Waals surface area contributed by atoms with Crippen LogP contribution in [-0.4, -0.2) is 13.4 Å². The summed E-state index contributed by atoms with van der Waals surface area (Å²) in [6.45, 7) is 1.80. The number of hydrogen-bond acceptors (Lipinski definition) is 5. The molecule has 0 spiro atoms. The Hall–Kier alpha value is -1.67. The smallest absolute Gasteiger partial charge is 0.263 e. The van der Waals surface area contributed by atoms with Gasteiger partial charge in [-0.15, -0.1) is 11.3 Å². The zero-order valence-electron chi connectivity index (χ0n) is 9.34. The summed E-state index contributed by atoms with van der Waals surface area (Å²) in [5.41, 5.74) is 5.46. The molecule has 0 aliphatic heterocycles. The fourth-order valence-electron chi connectivity index (χ4n) is 1.32. The van der Waals surface area contributed by atoms with Gasteiger partial charge in [0.1, 0.15) is 5.82 Å². The molecule has 0 fully saturated rings. The van der Waals surface area contributed by atoms with Gasteiger partial charge in [0.2, 0.25) is 0 Å². The van der Waals surface area contributed by atoms with Gasteiger partial charge in [0, 0.05) is 16.8 Å². The summed E-state index contributed by atoms with van der Waals surface area (Å²) >= 11 is 1.19. The summed E-state index contributed by atoms with van der Waals surface area (Å²) in [6, 6.07) is 3.14. The summed E-state index contributed by atoms with van der Waals surface area (Å²) in [5.74, 6) is -0.703. The maximum absolute atomic E-state index is 13.1. The molecular weight excluding hydrogens is 277 g/mol. The van der Waals surface area contributed by atoms with Gasteiger partial charge >= 0.3 is 0 Å². The predicted molar refractivity (Wildman–Crippen MR) is 68.5 cm³/mol. The minimum atomic E-state index is -3.87. The SMILES string of the molecule is Cc1cnc(NS(=O)(=O)c2cc(N)cc(F)c2)s1. The van der Waals surface area contributed by atoms with E-state index in [1.165, 1.54) is 17.4 Å². The van der Waals surface area contributed by atoms with Crippen molar-refractivity contribution in [2.45, 2.75) is 11.8 Å². The largest absolute Gasteiger partial charge is 0.399 e. The average molecular weight is 287 g/mol. The highest BCUT2D eigenvalue weighted by molar-refractivity contribution is 7.93. The molecule has 0 amide bonds. The number of thiazole rings is 1. The molecule has 0 saturated carbocycles. The van der Waals surface area contributed by atoms with Gasteiger partial charge in [-0.2, -0.15) is 0 Å². The Morgan fingerprint density at radius 2 is 2.11 bits per heavy atom. The summed E-state index contributed by atoms with van der Waals surface area (Å²) in [6.07, 6.45) is 1.54. The third kappa shape index (κ3) is 2.77. The molecule has 5 nitrogen and oxygen atoms in total. The van der Waals surface area contributed by atoms with Gasteiger partial charge in [-0.25, -0.2) is 17.8 Å². The van der Waals surface area contributed by atoms with Crippen LogP contribution in [-0.2, 0) is 10.0 Å². The van der Waals surface area contributed by atoms with Crippen molar-refractivity contribution in [2.24, 2.45) is 0 Å². The number of aromatic nitrogens is 1. The van der Waals surface area contributed by atoms with Crippen molar-refractivity contribution in [3.05, 3.63) is 35.1 Å². The molecule has 0 aliphatic carbocycles. The summed E-state index contributed by atoms with van der Waals surface area (Å²) in [5, 5.41) is 0.232. The molecule has 8 heteroatoms. The molecule has 0 radical (unpaired) electrons. The van der Waals surface area contributed by atoms with Crippen LogP contribution in [0.5, 0.6) is 0 Å². The number of sulfonamides is 1. The Morgan fingerprint density at radius 3 is 2.67 bits per heavy atom. The molecule has 3 N–H and O–H groups in total. The van der Waals surface area contributed by atoms with Gasteiger partial charge < -0.3 is 5.73 Å². The molecule has 1 aromatic heterocycles. The van der Waals surface area contributed by atoms with Crippen LogP contribution < -0.4 is 10.5 Å². The normalized spacial score (nSPS) is 11.4. The van der Waals surface area contributed by atoms with Crippen molar-refractivity contribution in [2.75, 3.05) is 10.5 Å². The Bertz CT molecular complexity index is 662. The highest BCUT2D eigenvalue weighted by Crippen LogP contribution is 2.22. The number of nitrogens with zero attached hydrogens (tertiary/aromatic N) is 1. The number of aryl methyl sites for hydroxylation is 1. The van der Waals surface area contributed by atoms with Crippen molar-refractivity contribution < 1.29 is 12.8 Å². The molecule has 18 heavy (non-hydrogen) atoms. The van der Waals surface area contributed by atoms with E-state index in [0.29, 0.717) is 0 Å². The number of benzene rings is 1. The number of hydrogen-bond donors (Lipinski definition) is 2. The quantitative estimate of drug-likeness (QED) is 0.845. The molecule has 0 saturated heterocycles. The van der Waals surface area contributed by atoms with E-state index in [1.54, 1.807) is 13.1 Å². The van der Waals surface area contributed by atoms with Crippen LogP contribution in [0.4, 0.5) is 15.2 Å². The second kappa shape index (κ2) is 4.54. The minimum Gasteiger partial charge on any atom is -0.399 e. The first-order chi connectivity index (χ1) is 8.37. The molecule has 0 atom stereocenters. The molecule has 2 aromatic rings. The Labute approximate surface area is 108 Å². The van der Waals surface area contributed by atoms with Gasteiger partial charge in [0.25, 0.3) is 10.0 Å². The number of anilines is 2. The molecule has 0 aliphatic rings. The van der Waals surface area contributed by atoms with E-state index < -0.39 is 15.8 Å². The fraction of sp³-hybridized carbons (Fsp3) is 0.100. The van der Waals surface area contributed by atoms with Gasteiger partial charge in [0.15, 0.2) is 5.13 Å². The van der Waals surface area contributed by atoms with Crippen molar-refractivity contribution in [3.8, 4) is 0 Å². The Morgan fingerprint density at radius 1 is 1.39 bits per heavy atom. The van der Waals surface area contributed by atoms with Crippen LogP contribution in [0, 0.1) is 12.7 Å². The topological polar surface area (TPSA) is 85.1 Å². The lowest BCUT2D eigenvalue weighted by molar-refractivity contribution is 0.595. The molecule has 96 valence electrons. The fourth-order valence-corrected chi connectivity index (χ4v) is 3.29. The first-order valence-electron chi connectivity index (χ1n) is 4.88. The van der Waals surface area contributed by atoms with E-state index >= 15 is 0 Å². The van der Waals surface area contributed by atoms with Crippen LogP contribution in [0.1, 0.15) is 4.88 Å². The molecular formula is C10H10FN3O2S2. The number of nitrogen functional groups attached to an aromatic ring is 1. The van der Waals surface area contributed by atoms with Gasteiger partial charge in [0.05, 0.1) is 4.90 Å². The second-order valence-corrected chi connectivity index (χ2v) is 6.52. The van der Waals surface area contributed by atoms with E-state index in [4.69, 9.17) is 5.73 Å². The molecule has 2 rings (SSSR count). The predicted octanol–water partition coefficient (Wildman–Crippen LogP) is 1.97. The Kier molecular flexibility index (Phi) is 3.22. The lowest BCUT2D eigenvalue weighted by Gasteiger charge is -2.06. The van der Waals surface area contributed by atoms with E-state index in [1.807, 2.05) is 0 Å². The summed E-state index contributed by atoms with van der Waals surface area (Å²) in [7, 11) is -3.87. The first-order valence-corrected chi connectivity index (χ1v) is 7.18. The number of nitrogens with two attached hydrogens (primary N) is 1. The maximum Gasteiger partial charge on any atom is 0.263 e. The standard InChI is InChI=1S/C10H10FN3O2S2/c1-6-5-13-10(17-6)14-18(15,16)9-3-7(11)2-8(12)4-9/h2-5H,12H2,1H3,(H,13,14). The van der Waals surface area contributed by atoms with E-state index in [-0.39, 0.29) is 15.7 Å². The van der Waals surface area contributed by atoms with Gasteiger partial charge in [-0.05, 0) is 25.1 Å². The first kappa shape index (κ1) is 12.8. The van der Waals surface area contributed by atoms with E-state index in [2.05, 4.69) is 9.71 Å². The number of nitrogens with one attached hydrogen (secondary N) is 1. The molecule has 0 unspecified atom stereocenters. The van der Waals surface area contributed by atoms with Crippen molar-refractivity contribution in [1.82, 2.24) is 4.98 Å². The van der Waals surface area contributed by atoms with E-state index in [0.717, 1.165) is 17.0 Å². The van der Waals surface area contributed by atoms with E-state index in [9.17, 15) is 12.8 Å². The lowest BCUT2D eigenvalue weighted by Crippen LogP contribution is -2.13. The summed E-state index contributed by atoms with van der Waals surface area (Å²) < 4.78 is 39.3. The maximum atomic E-state index is 13.1. The van der Waals surface area contributed by atoms with Crippen LogP contribution in [0.15, 0.2) is 29.3 Å². The third-order valence-corrected chi connectivity index (χ3v) is 4.32. The van der Waals surface area contributed by atoms with Crippen LogP contribution in [0.3, 0.4) is 0 Å². The Balaban J connectivity index is 2.36. The lowest BCUT2D eigenvalue weighted by atomic mass is 10.3. The molecule has 0 bridgehead atoms. The molecule has 1 heterocycles. The summed E-state index contributed by atoms with van der Waals surface area (Å²) in [4.78, 5) is 4.51. The zero-order chi connectivity index (χ0) is 13.3. The van der Waals surface area contributed by atoms with Crippen molar-refractivity contribution >= 4 is 32.2 Å². The molecule has 1 aromatic carbocycles. The third-order valence-electron chi connectivity index (χ3n) is 2.05. The van der Waals surface area contributed by atoms with Gasteiger partial charge in [-0.3, -0.25) is 4.72 Å². The second-order valence-electron chi connectivity index (χ2n) is 3.60. The highest BCUT2D eigenvalue weighted by atomic mass is 32.2. The zero-order valence-corrected chi connectivity index (χ0v) is 11.0. The van der Waals surface area contributed by atoms with Crippen LogP contribution in [0.2, 0.25) is 0 Å². The highest BCUT2D eigenvalue weighted by Gasteiger charge is 2.17. The minimum absolute atomic E-state index is 0.0469. The van der Waals surface area contributed by atoms with Gasteiger partial charge in [-0.1, -0.05) is 0 Å². The van der Waals surface area contributed by atoms with Crippen LogP contribution in [0.25, 0.3) is 0 Å². The van der Waals surface area contributed by atoms with Crippen LogP contribution >= 0.6 is 11.3 Å². The van der Waals surface area contributed by atoms with Crippen molar-refractivity contribution in [3.63, 3.8) is 0 Å². The monoisotopic (exact) mass is 287 g/mol. The number of halogens is 1. The average Bonchev–Trinajstić information content (AvgIpc) is 2.61. The van der Waals surface area contributed by atoms with Crippen molar-refractivity contribution in [1.29, 1.82) is 0 Å².